The summed E-state index contributed by atoms with van der Waals surface area (Å²) in [5.74, 6) is 0.346. The molecule has 3 rings (SSSR count). The number of hydrogen-bond donors (Lipinski definition) is 0. The van der Waals surface area contributed by atoms with Gasteiger partial charge in [-0.05, 0) is 24.6 Å². The van der Waals surface area contributed by atoms with Gasteiger partial charge in [0.15, 0.2) is 0 Å². The standard InChI is InChI=1S/C17H15ClN4O5S/c1-11-6-7-14(22(23)24)9-15(11)28(25,26)21(2)10-16-19-17(20-27-16)12-4-3-5-13(18)8-12/h3-9H,10H2,1-2H3. The molecule has 0 bridgehead atoms. The molecule has 0 aliphatic carbocycles. The highest BCUT2D eigenvalue weighted by Gasteiger charge is 2.27. The molecular formula is C17H15ClN4O5S. The zero-order valence-electron chi connectivity index (χ0n) is 14.9. The lowest BCUT2D eigenvalue weighted by molar-refractivity contribution is -0.385. The molecule has 1 aromatic heterocycles. The first kappa shape index (κ1) is 19.9. The lowest BCUT2D eigenvalue weighted by Crippen LogP contribution is -2.27. The van der Waals surface area contributed by atoms with Crippen LogP contribution in [0.2, 0.25) is 5.02 Å². The van der Waals surface area contributed by atoms with Gasteiger partial charge in [-0.3, -0.25) is 10.1 Å². The Morgan fingerprint density at radius 2 is 2.00 bits per heavy atom. The van der Waals surface area contributed by atoms with Crippen molar-refractivity contribution in [3.8, 4) is 11.4 Å². The van der Waals surface area contributed by atoms with Gasteiger partial charge in [0.05, 0.1) is 16.4 Å². The lowest BCUT2D eigenvalue weighted by atomic mass is 10.2. The Morgan fingerprint density at radius 3 is 2.68 bits per heavy atom. The van der Waals surface area contributed by atoms with Crippen LogP contribution >= 0.6 is 11.6 Å². The van der Waals surface area contributed by atoms with Crippen LogP contribution in [0.4, 0.5) is 5.69 Å². The van der Waals surface area contributed by atoms with E-state index in [2.05, 4.69) is 10.1 Å². The van der Waals surface area contributed by atoms with Crippen molar-refractivity contribution < 1.29 is 17.9 Å². The molecule has 146 valence electrons. The number of aryl methyl sites for hydroxylation is 1. The molecule has 0 atom stereocenters. The van der Waals surface area contributed by atoms with E-state index in [1.165, 1.54) is 19.2 Å². The van der Waals surface area contributed by atoms with Crippen molar-refractivity contribution in [3.63, 3.8) is 0 Å². The van der Waals surface area contributed by atoms with Crippen LogP contribution in [-0.2, 0) is 16.6 Å². The van der Waals surface area contributed by atoms with Crippen molar-refractivity contribution in [2.45, 2.75) is 18.4 Å². The highest BCUT2D eigenvalue weighted by Crippen LogP contribution is 2.25. The predicted molar refractivity (Wildman–Crippen MR) is 101 cm³/mol. The van der Waals surface area contributed by atoms with Crippen molar-refractivity contribution >= 4 is 27.3 Å². The number of sulfonamides is 1. The maximum absolute atomic E-state index is 12.8. The summed E-state index contributed by atoms with van der Waals surface area (Å²) in [5, 5.41) is 15.3. The van der Waals surface area contributed by atoms with E-state index in [1.807, 2.05) is 0 Å². The average Bonchev–Trinajstić information content (AvgIpc) is 3.10. The van der Waals surface area contributed by atoms with Gasteiger partial charge in [-0.25, -0.2) is 8.42 Å². The zero-order valence-corrected chi connectivity index (χ0v) is 16.4. The van der Waals surface area contributed by atoms with Gasteiger partial charge >= 0.3 is 0 Å². The Hall–Kier alpha value is -2.82. The minimum absolute atomic E-state index is 0.0733. The third-order valence-electron chi connectivity index (χ3n) is 3.98. The van der Waals surface area contributed by atoms with E-state index in [0.717, 1.165) is 10.4 Å². The number of aromatic nitrogens is 2. The second-order valence-corrected chi connectivity index (χ2v) is 8.44. The van der Waals surface area contributed by atoms with Gasteiger partial charge in [0.1, 0.15) is 0 Å². The van der Waals surface area contributed by atoms with Crippen LogP contribution in [0.5, 0.6) is 0 Å². The quantitative estimate of drug-likeness (QED) is 0.440. The highest BCUT2D eigenvalue weighted by atomic mass is 35.5. The molecule has 0 saturated carbocycles. The van der Waals surface area contributed by atoms with Gasteiger partial charge in [-0.1, -0.05) is 35.0 Å². The average molecular weight is 423 g/mol. The summed E-state index contributed by atoms with van der Waals surface area (Å²) in [6.07, 6.45) is 0. The number of halogens is 1. The van der Waals surface area contributed by atoms with Crippen molar-refractivity contribution in [1.29, 1.82) is 0 Å². The summed E-state index contributed by atoms with van der Waals surface area (Å²) in [6.45, 7) is 1.37. The third kappa shape index (κ3) is 4.03. The Bertz CT molecular complexity index is 1150. The van der Waals surface area contributed by atoms with E-state index in [1.54, 1.807) is 31.2 Å². The van der Waals surface area contributed by atoms with Gasteiger partial charge in [0.25, 0.3) is 5.69 Å². The maximum atomic E-state index is 12.8. The molecule has 9 nitrogen and oxygen atoms in total. The van der Waals surface area contributed by atoms with Crippen molar-refractivity contribution in [2.24, 2.45) is 0 Å². The Balaban J connectivity index is 1.86. The van der Waals surface area contributed by atoms with Crippen LogP contribution in [0.25, 0.3) is 11.4 Å². The van der Waals surface area contributed by atoms with Crippen LogP contribution in [0.1, 0.15) is 11.5 Å². The van der Waals surface area contributed by atoms with Gasteiger partial charge < -0.3 is 4.52 Å². The van der Waals surface area contributed by atoms with Crippen molar-refractivity contribution in [2.75, 3.05) is 7.05 Å². The summed E-state index contributed by atoms with van der Waals surface area (Å²) in [4.78, 5) is 14.4. The van der Waals surface area contributed by atoms with E-state index < -0.39 is 14.9 Å². The molecule has 2 aromatic carbocycles. The molecule has 1 heterocycles. The van der Waals surface area contributed by atoms with Crippen LogP contribution < -0.4 is 0 Å². The molecule has 0 radical (unpaired) electrons. The number of non-ortho nitro benzene ring substituents is 1. The van der Waals surface area contributed by atoms with E-state index in [-0.39, 0.29) is 28.8 Å². The molecule has 11 heteroatoms. The number of rotatable bonds is 6. The minimum Gasteiger partial charge on any atom is -0.338 e. The summed E-state index contributed by atoms with van der Waals surface area (Å²) >= 11 is 5.94. The second kappa shape index (κ2) is 7.66. The number of nitrogens with zero attached hydrogens (tertiary/aromatic N) is 4. The number of nitro groups is 1. The number of hydrogen-bond acceptors (Lipinski definition) is 7. The summed E-state index contributed by atoms with van der Waals surface area (Å²) in [5.41, 5.74) is 0.712. The first-order chi connectivity index (χ1) is 13.2. The van der Waals surface area contributed by atoms with Gasteiger partial charge in [-0.2, -0.15) is 9.29 Å². The fourth-order valence-electron chi connectivity index (χ4n) is 2.49. The van der Waals surface area contributed by atoms with Crippen LogP contribution in [-0.4, -0.2) is 34.8 Å². The molecular weight excluding hydrogens is 408 g/mol. The van der Waals surface area contributed by atoms with Gasteiger partial charge in [-0.15, -0.1) is 0 Å². The summed E-state index contributed by atoms with van der Waals surface area (Å²) in [6, 6.07) is 10.5. The normalized spacial score (nSPS) is 11.7. The molecule has 28 heavy (non-hydrogen) atoms. The highest BCUT2D eigenvalue weighted by molar-refractivity contribution is 7.89. The molecule has 0 N–H and O–H groups in total. The molecule has 0 aliphatic rings. The molecule has 0 spiro atoms. The summed E-state index contributed by atoms with van der Waals surface area (Å²) in [7, 11) is -2.68. The van der Waals surface area contributed by atoms with E-state index in [9.17, 15) is 18.5 Å². The van der Waals surface area contributed by atoms with Crippen LogP contribution in [0, 0.1) is 17.0 Å². The fourth-order valence-corrected chi connectivity index (χ4v) is 4.04. The van der Waals surface area contributed by atoms with Crippen LogP contribution in [0.3, 0.4) is 0 Å². The van der Waals surface area contributed by atoms with E-state index in [0.29, 0.717) is 16.1 Å². The van der Waals surface area contributed by atoms with Crippen LogP contribution in [0.15, 0.2) is 51.9 Å². The largest absolute Gasteiger partial charge is 0.338 e. The minimum atomic E-state index is -4.01. The molecule has 0 aliphatic heterocycles. The molecule has 0 amide bonds. The van der Waals surface area contributed by atoms with Gasteiger partial charge in [0, 0.05) is 29.8 Å². The van der Waals surface area contributed by atoms with Crippen molar-refractivity contribution in [3.05, 3.63) is 69.1 Å². The Kier molecular flexibility index (Phi) is 5.45. The zero-order chi connectivity index (χ0) is 20.5. The number of nitro benzene ring substituents is 1. The van der Waals surface area contributed by atoms with Crippen molar-refractivity contribution in [1.82, 2.24) is 14.4 Å². The third-order valence-corrected chi connectivity index (χ3v) is 6.16. The monoisotopic (exact) mass is 422 g/mol. The molecule has 0 unspecified atom stereocenters. The van der Waals surface area contributed by atoms with E-state index in [4.69, 9.17) is 16.1 Å². The van der Waals surface area contributed by atoms with Gasteiger partial charge in [0.2, 0.25) is 21.7 Å². The SMILES string of the molecule is Cc1ccc([N+](=O)[O-])cc1S(=O)(=O)N(C)Cc1nc(-c2cccc(Cl)c2)no1. The second-order valence-electron chi connectivity index (χ2n) is 5.99. The topological polar surface area (TPSA) is 119 Å². The predicted octanol–water partition coefficient (Wildman–Crippen LogP) is 3.43. The van der Waals surface area contributed by atoms with E-state index >= 15 is 0 Å². The first-order valence-corrected chi connectivity index (χ1v) is 9.80. The Labute approximate surface area is 165 Å². The smallest absolute Gasteiger partial charge is 0.270 e. The lowest BCUT2D eigenvalue weighted by Gasteiger charge is -2.16. The Morgan fingerprint density at radius 1 is 1.25 bits per heavy atom. The number of benzene rings is 2. The molecule has 0 saturated heterocycles. The maximum Gasteiger partial charge on any atom is 0.270 e. The first-order valence-electron chi connectivity index (χ1n) is 7.98. The fraction of sp³-hybridized carbons (Fsp3) is 0.176. The summed E-state index contributed by atoms with van der Waals surface area (Å²) < 4.78 is 31.8. The molecule has 3 aromatic rings. The molecule has 0 fully saturated rings.